The van der Waals surface area contributed by atoms with Crippen LogP contribution in [0.2, 0.25) is 0 Å². The van der Waals surface area contributed by atoms with E-state index in [0.29, 0.717) is 0 Å². The number of hydrogen-bond donors (Lipinski definition) is 0. The topological polar surface area (TPSA) is 63.5 Å². The highest BCUT2D eigenvalue weighted by atomic mass is 16.5. The maximum absolute atomic E-state index is 13.3. The van der Waals surface area contributed by atoms with E-state index in [4.69, 9.17) is 14.7 Å². The number of benzene rings is 2. The molecule has 0 unspecified atom stereocenters. The number of pyridine rings is 1. The zero-order valence-corrected chi connectivity index (χ0v) is 21.3. The van der Waals surface area contributed by atoms with Crippen LogP contribution in [-0.4, -0.2) is 64.7 Å². The third kappa shape index (κ3) is 4.83. The van der Waals surface area contributed by atoms with Crippen LogP contribution in [0, 0.1) is 6.92 Å². The van der Waals surface area contributed by atoms with Crippen LogP contribution in [0.15, 0.2) is 66.9 Å². The molecule has 2 aromatic carbocycles. The van der Waals surface area contributed by atoms with Gasteiger partial charge < -0.3 is 19.1 Å². The number of likely N-dealkylation sites (tertiary alicyclic amines) is 1. The maximum Gasteiger partial charge on any atom is 0.253 e. The fourth-order valence-corrected chi connectivity index (χ4v) is 5.61. The van der Waals surface area contributed by atoms with Gasteiger partial charge in [-0.15, -0.1) is 0 Å². The maximum atomic E-state index is 13.3. The van der Waals surface area contributed by atoms with Crippen LogP contribution in [0.25, 0.3) is 11.2 Å². The molecular formula is C30H33N5O2. The lowest BCUT2D eigenvalue weighted by atomic mass is 10.0. The fourth-order valence-electron chi connectivity index (χ4n) is 5.61. The first-order valence-electron chi connectivity index (χ1n) is 13.3. The van der Waals surface area contributed by atoms with Crippen molar-refractivity contribution >= 4 is 22.8 Å². The van der Waals surface area contributed by atoms with Crippen molar-refractivity contribution in [2.24, 2.45) is 0 Å². The van der Waals surface area contributed by atoms with Crippen molar-refractivity contribution in [3.8, 4) is 0 Å². The molecule has 6 rings (SSSR count). The molecule has 7 nitrogen and oxygen atoms in total. The van der Waals surface area contributed by atoms with E-state index < -0.39 is 0 Å². The summed E-state index contributed by atoms with van der Waals surface area (Å²) in [5, 5.41) is 0. The van der Waals surface area contributed by atoms with Gasteiger partial charge in [0.1, 0.15) is 11.3 Å². The first-order valence-corrected chi connectivity index (χ1v) is 13.3. The molecule has 2 aliphatic heterocycles. The highest BCUT2D eigenvalue weighted by molar-refractivity contribution is 5.94. The zero-order valence-electron chi connectivity index (χ0n) is 21.3. The summed E-state index contributed by atoms with van der Waals surface area (Å²) in [6.07, 6.45) is 4.40. The molecule has 0 aliphatic carbocycles. The van der Waals surface area contributed by atoms with Gasteiger partial charge in [0.25, 0.3) is 5.91 Å². The standard InChI is InChI=1S/C30H33N5O2/c1-22-5-2-3-6-24(22)21-28-32-27-7-4-14-31-29(27)35(28)26-12-15-34(16-13-26)30(36)23-8-10-25(11-9-23)33-17-19-37-20-18-33/h2-11,14,26H,12-13,15-21H2,1H3. The highest BCUT2D eigenvalue weighted by Crippen LogP contribution is 2.30. The molecule has 0 N–H and O–H groups in total. The Hall–Kier alpha value is -3.71. The Bertz CT molecular complexity index is 1380. The number of nitrogens with zero attached hydrogens (tertiary/aromatic N) is 5. The molecule has 2 aromatic heterocycles. The van der Waals surface area contributed by atoms with Crippen LogP contribution in [0.4, 0.5) is 5.69 Å². The van der Waals surface area contributed by atoms with Crippen molar-refractivity contribution in [3.05, 3.63) is 89.4 Å². The van der Waals surface area contributed by atoms with Crippen molar-refractivity contribution in [3.63, 3.8) is 0 Å². The van der Waals surface area contributed by atoms with Crippen LogP contribution in [0.5, 0.6) is 0 Å². The number of piperidine rings is 1. The number of amides is 1. The number of anilines is 1. The molecule has 2 fully saturated rings. The minimum atomic E-state index is 0.112. The van der Waals surface area contributed by atoms with Crippen molar-refractivity contribution in [1.82, 2.24) is 19.4 Å². The summed E-state index contributed by atoms with van der Waals surface area (Å²) in [5.41, 5.74) is 6.34. The largest absolute Gasteiger partial charge is 0.378 e. The minimum Gasteiger partial charge on any atom is -0.378 e. The summed E-state index contributed by atoms with van der Waals surface area (Å²) in [4.78, 5) is 27.3. The molecule has 0 saturated carbocycles. The number of aryl methyl sites for hydroxylation is 1. The average Bonchev–Trinajstić information content (AvgIpc) is 3.32. The second-order valence-electron chi connectivity index (χ2n) is 10.0. The number of aromatic nitrogens is 3. The van der Waals surface area contributed by atoms with Crippen molar-refractivity contribution in [1.29, 1.82) is 0 Å². The van der Waals surface area contributed by atoms with E-state index in [1.54, 1.807) is 0 Å². The normalized spacial score (nSPS) is 16.9. The second kappa shape index (κ2) is 10.3. The van der Waals surface area contributed by atoms with Gasteiger partial charge in [0.2, 0.25) is 0 Å². The monoisotopic (exact) mass is 495 g/mol. The number of fused-ring (bicyclic) bond motifs is 1. The Labute approximate surface area is 217 Å². The predicted octanol–water partition coefficient (Wildman–Crippen LogP) is 4.64. The molecule has 0 bridgehead atoms. The predicted molar refractivity (Wildman–Crippen MR) is 145 cm³/mol. The van der Waals surface area contributed by atoms with E-state index in [1.165, 1.54) is 11.1 Å². The molecule has 1 amide bonds. The second-order valence-corrected chi connectivity index (χ2v) is 10.0. The third-order valence-corrected chi connectivity index (χ3v) is 7.74. The first kappa shape index (κ1) is 23.7. The quantitative estimate of drug-likeness (QED) is 0.404. The number of carbonyl (C=O) groups excluding carboxylic acids is 1. The van der Waals surface area contributed by atoms with E-state index in [9.17, 15) is 4.79 Å². The van der Waals surface area contributed by atoms with Gasteiger partial charge in [0.15, 0.2) is 5.65 Å². The summed E-state index contributed by atoms with van der Waals surface area (Å²) < 4.78 is 7.79. The van der Waals surface area contributed by atoms with Crippen molar-refractivity contribution in [2.75, 3.05) is 44.3 Å². The smallest absolute Gasteiger partial charge is 0.253 e. The van der Waals surface area contributed by atoms with Crippen LogP contribution >= 0.6 is 0 Å². The van der Waals surface area contributed by atoms with Gasteiger partial charge in [-0.1, -0.05) is 24.3 Å². The van der Waals surface area contributed by atoms with Gasteiger partial charge in [-0.2, -0.15) is 0 Å². The number of carbonyl (C=O) groups is 1. The molecule has 2 saturated heterocycles. The molecule has 4 heterocycles. The molecule has 7 heteroatoms. The van der Waals surface area contributed by atoms with Gasteiger partial charge in [-0.3, -0.25) is 4.79 Å². The lowest BCUT2D eigenvalue weighted by Gasteiger charge is -2.33. The molecule has 37 heavy (non-hydrogen) atoms. The number of ether oxygens (including phenoxy) is 1. The summed E-state index contributed by atoms with van der Waals surface area (Å²) in [5.74, 6) is 1.16. The van der Waals surface area contributed by atoms with E-state index in [1.807, 2.05) is 35.4 Å². The Morgan fingerprint density at radius 2 is 1.70 bits per heavy atom. The average molecular weight is 496 g/mol. The van der Waals surface area contributed by atoms with Crippen LogP contribution < -0.4 is 4.90 Å². The third-order valence-electron chi connectivity index (χ3n) is 7.74. The SMILES string of the molecule is Cc1ccccc1Cc1nc2cccnc2n1C1CCN(C(=O)c2ccc(N3CCOCC3)cc2)CC1. The van der Waals surface area contributed by atoms with Gasteiger partial charge in [0.05, 0.1) is 13.2 Å². The van der Waals surface area contributed by atoms with Crippen LogP contribution in [0.1, 0.15) is 46.2 Å². The molecule has 0 atom stereocenters. The number of rotatable bonds is 5. The molecule has 0 radical (unpaired) electrons. The summed E-state index contributed by atoms with van der Waals surface area (Å²) in [6.45, 7) is 6.90. The van der Waals surface area contributed by atoms with Gasteiger partial charge >= 0.3 is 0 Å². The molecule has 190 valence electrons. The zero-order chi connectivity index (χ0) is 25.2. The Balaban J connectivity index is 1.17. The van der Waals surface area contributed by atoms with E-state index in [-0.39, 0.29) is 11.9 Å². The van der Waals surface area contributed by atoms with Gasteiger partial charge in [-0.05, 0) is 67.3 Å². The molecule has 2 aliphatic rings. The Kier molecular flexibility index (Phi) is 6.62. The van der Waals surface area contributed by atoms with Crippen LogP contribution in [-0.2, 0) is 11.2 Å². The minimum absolute atomic E-state index is 0.112. The number of hydrogen-bond acceptors (Lipinski definition) is 5. The Morgan fingerprint density at radius 1 is 0.946 bits per heavy atom. The lowest BCUT2D eigenvalue weighted by molar-refractivity contribution is 0.0695. The van der Waals surface area contributed by atoms with E-state index in [2.05, 4.69) is 52.8 Å². The summed E-state index contributed by atoms with van der Waals surface area (Å²) in [7, 11) is 0. The van der Waals surface area contributed by atoms with E-state index >= 15 is 0 Å². The van der Waals surface area contributed by atoms with Crippen LogP contribution in [0.3, 0.4) is 0 Å². The summed E-state index contributed by atoms with van der Waals surface area (Å²) >= 11 is 0. The lowest BCUT2D eigenvalue weighted by Crippen LogP contribution is -2.39. The van der Waals surface area contributed by atoms with Crippen molar-refractivity contribution < 1.29 is 9.53 Å². The van der Waals surface area contributed by atoms with E-state index in [0.717, 1.165) is 86.9 Å². The Morgan fingerprint density at radius 3 is 2.46 bits per heavy atom. The molecular weight excluding hydrogens is 462 g/mol. The molecule has 0 spiro atoms. The summed E-state index contributed by atoms with van der Waals surface area (Å²) in [6, 6.07) is 20.8. The fraction of sp³-hybridized carbons (Fsp3) is 0.367. The first-order chi connectivity index (χ1) is 18.2. The highest BCUT2D eigenvalue weighted by Gasteiger charge is 2.28. The van der Waals surface area contributed by atoms with Gasteiger partial charge in [-0.25, -0.2) is 9.97 Å². The number of imidazole rings is 1. The molecule has 4 aromatic rings. The number of morpholine rings is 1. The van der Waals surface area contributed by atoms with Crippen molar-refractivity contribution in [2.45, 2.75) is 32.2 Å². The van der Waals surface area contributed by atoms with Gasteiger partial charge in [0, 0.05) is 56.1 Å².